The van der Waals surface area contributed by atoms with Crippen molar-refractivity contribution in [1.29, 1.82) is 0 Å². The van der Waals surface area contributed by atoms with Crippen LogP contribution in [-0.4, -0.2) is 31.3 Å². The molecule has 0 aromatic heterocycles. The molecule has 0 saturated heterocycles. The van der Waals surface area contributed by atoms with E-state index in [1.54, 1.807) is 0 Å². The molecule has 1 aromatic rings. The van der Waals surface area contributed by atoms with Crippen LogP contribution in [-0.2, 0) is 6.54 Å². The standard InChI is InChI=1S/C13H21BrN2O/c1-13(2,9-17)16(4)12-6-5-10(8-15-3)7-11(12)14/h5-7,15,17H,8-9H2,1-4H3. The molecule has 2 N–H and O–H groups in total. The van der Waals surface area contributed by atoms with E-state index >= 15 is 0 Å². The van der Waals surface area contributed by atoms with E-state index in [9.17, 15) is 5.11 Å². The number of halogens is 1. The first-order valence-corrected chi connectivity index (χ1v) is 6.49. The molecule has 0 heterocycles. The summed E-state index contributed by atoms with van der Waals surface area (Å²) in [6.07, 6.45) is 0. The summed E-state index contributed by atoms with van der Waals surface area (Å²) in [4.78, 5) is 2.08. The molecule has 0 unspecified atom stereocenters. The Bertz CT molecular complexity index is 380. The molecule has 0 fully saturated rings. The SMILES string of the molecule is CNCc1ccc(N(C)C(C)(C)CO)c(Br)c1. The number of nitrogens with zero attached hydrogens (tertiary/aromatic N) is 1. The van der Waals surface area contributed by atoms with Crippen molar-refractivity contribution in [2.75, 3.05) is 25.6 Å². The fraction of sp³-hybridized carbons (Fsp3) is 0.538. The van der Waals surface area contributed by atoms with Crippen LogP contribution in [0.25, 0.3) is 0 Å². The third-order valence-electron chi connectivity index (χ3n) is 3.05. The highest BCUT2D eigenvalue weighted by Gasteiger charge is 2.24. The number of nitrogens with one attached hydrogen (secondary N) is 1. The molecule has 17 heavy (non-hydrogen) atoms. The van der Waals surface area contributed by atoms with Crippen molar-refractivity contribution in [1.82, 2.24) is 5.32 Å². The van der Waals surface area contributed by atoms with Crippen LogP contribution in [0.2, 0.25) is 0 Å². The lowest BCUT2D eigenvalue weighted by Crippen LogP contribution is -2.44. The molecule has 0 bridgehead atoms. The maximum absolute atomic E-state index is 9.39. The predicted molar refractivity (Wildman–Crippen MR) is 76.5 cm³/mol. The summed E-state index contributed by atoms with van der Waals surface area (Å²) >= 11 is 3.59. The Balaban J connectivity index is 2.99. The van der Waals surface area contributed by atoms with Gasteiger partial charge in [0.05, 0.1) is 17.8 Å². The number of aliphatic hydroxyl groups is 1. The Hall–Kier alpha value is -0.580. The van der Waals surface area contributed by atoms with Gasteiger partial charge in [0.15, 0.2) is 0 Å². The molecular formula is C13H21BrN2O. The second-order valence-electron chi connectivity index (χ2n) is 4.85. The third-order valence-corrected chi connectivity index (χ3v) is 3.68. The predicted octanol–water partition coefficient (Wildman–Crippen LogP) is 2.38. The average Bonchev–Trinajstić information content (AvgIpc) is 2.29. The van der Waals surface area contributed by atoms with Crippen molar-refractivity contribution in [3.8, 4) is 0 Å². The topological polar surface area (TPSA) is 35.5 Å². The summed E-state index contributed by atoms with van der Waals surface area (Å²) in [5.41, 5.74) is 2.05. The fourth-order valence-corrected chi connectivity index (χ4v) is 2.26. The Kier molecular flexibility index (Phi) is 4.98. The van der Waals surface area contributed by atoms with Crippen molar-refractivity contribution in [3.05, 3.63) is 28.2 Å². The lowest BCUT2D eigenvalue weighted by molar-refractivity contribution is 0.216. The van der Waals surface area contributed by atoms with Crippen molar-refractivity contribution in [3.63, 3.8) is 0 Å². The van der Waals surface area contributed by atoms with Gasteiger partial charge in [0.1, 0.15) is 0 Å². The van der Waals surface area contributed by atoms with Gasteiger partial charge in [-0.2, -0.15) is 0 Å². The summed E-state index contributed by atoms with van der Waals surface area (Å²) in [5, 5.41) is 12.5. The molecule has 1 rings (SSSR count). The Morgan fingerprint density at radius 1 is 1.41 bits per heavy atom. The van der Waals surface area contributed by atoms with Gasteiger partial charge in [-0.05, 0) is 54.5 Å². The summed E-state index contributed by atoms with van der Waals surface area (Å²) in [5.74, 6) is 0. The average molecular weight is 301 g/mol. The van der Waals surface area contributed by atoms with Gasteiger partial charge in [0, 0.05) is 18.1 Å². The van der Waals surface area contributed by atoms with E-state index in [2.05, 4.69) is 44.3 Å². The van der Waals surface area contributed by atoms with Crippen LogP contribution in [0.3, 0.4) is 0 Å². The van der Waals surface area contributed by atoms with Crippen molar-refractivity contribution >= 4 is 21.6 Å². The lowest BCUT2D eigenvalue weighted by atomic mass is 10.0. The minimum Gasteiger partial charge on any atom is -0.394 e. The van der Waals surface area contributed by atoms with E-state index in [-0.39, 0.29) is 12.1 Å². The Labute approximate surface area is 112 Å². The number of benzene rings is 1. The van der Waals surface area contributed by atoms with Gasteiger partial charge in [0.25, 0.3) is 0 Å². The highest BCUT2D eigenvalue weighted by molar-refractivity contribution is 9.10. The van der Waals surface area contributed by atoms with Crippen LogP contribution < -0.4 is 10.2 Å². The number of aliphatic hydroxyl groups excluding tert-OH is 1. The number of likely N-dealkylation sites (N-methyl/N-ethyl adjacent to an activating group) is 1. The number of hydrogen-bond acceptors (Lipinski definition) is 3. The molecule has 0 amide bonds. The van der Waals surface area contributed by atoms with Crippen LogP contribution >= 0.6 is 15.9 Å². The smallest absolute Gasteiger partial charge is 0.0658 e. The minimum absolute atomic E-state index is 0.119. The zero-order valence-corrected chi connectivity index (χ0v) is 12.5. The maximum Gasteiger partial charge on any atom is 0.0658 e. The van der Waals surface area contributed by atoms with Gasteiger partial charge >= 0.3 is 0 Å². The normalized spacial score (nSPS) is 11.6. The molecule has 4 heteroatoms. The zero-order chi connectivity index (χ0) is 13.1. The Morgan fingerprint density at radius 2 is 2.06 bits per heavy atom. The van der Waals surface area contributed by atoms with Gasteiger partial charge in [-0.3, -0.25) is 0 Å². The van der Waals surface area contributed by atoms with E-state index < -0.39 is 0 Å². The zero-order valence-electron chi connectivity index (χ0n) is 10.9. The van der Waals surface area contributed by atoms with Gasteiger partial charge in [-0.15, -0.1) is 0 Å². The largest absolute Gasteiger partial charge is 0.394 e. The minimum atomic E-state index is -0.271. The first-order chi connectivity index (χ1) is 7.92. The van der Waals surface area contributed by atoms with Gasteiger partial charge < -0.3 is 15.3 Å². The monoisotopic (exact) mass is 300 g/mol. The fourth-order valence-electron chi connectivity index (χ4n) is 1.57. The molecule has 0 aliphatic carbocycles. The van der Waals surface area contributed by atoms with E-state index in [4.69, 9.17) is 0 Å². The lowest BCUT2D eigenvalue weighted by Gasteiger charge is -2.36. The van der Waals surface area contributed by atoms with Gasteiger partial charge in [-0.1, -0.05) is 6.07 Å². The highest BCUT2D eigenvalue weighted by atomic mass is 79.9. The molecule has 0 radical (unpaired) electrons. The van der Waals surface area contributed by atoms with Crippen LogP contribution in [0.1, 0.15) is 19.4 Å². The van der Waals surface area contributed by atoms with Gasteiger partial charge in [-0.25, -0.2) is 0 Å². The van der Waals surface area contributed by atoms with Crippen molar-refractivity contribution in [2.45, 2.75) is 25.9 Å². The number of anilines is 1. The van der Waals surface area contributed by atoms with Crippen molar-refractivity contribution in [2.24, 2.45) is 0 Å². The van der Waals surface area contributed by atoms with Gasteiger partial charge in [0.2, 0.25) is 0 Å². The number of rotatable bonds is 5. The molecule has 0 atom stereocenters. The van der Waals surface area contributed by atoms with E-state index in [1.807, 2.05) is 27.9 Å². The quantitative estimate of drug-likeness (QED) is 0.876. The molecule has 3 nitrogen and oxygen atoms in total. The maximum atomic E-state index is 9.39. The first-order valence-electron chi connectivity index (χ1n) is 5.70. The molecule has 0 aliphatic rings. The van der Waals surface area contributed by atoms with Crippen LogP contribution in [0.5, 0.6) is 0 Å². The third kappa shape index (κ3) is 3.44. The number of hydrogen-bond donors (Lipinski definition) is 2. The summed E-state index contributed by atoms with van der Waals surface area (Å²) in [7, 11) is 3.93. The molecule has 0 spiro atoms. The molecule has 96 valence electrons. The Morgan fingerprint density at radius 3 is 2.53 bits per heavy atom. The van der Waals surface area contributed by atoms with E-state index in [0.29, 0.717) is 0 Å². The molecular weight excluding hydrogens is 280 g/mol. The summed E-state index contributed by atoms with van der Waals surface area (Å²) in [6, 6.07) is 6.28. The van der Waals surface area contributed by atoms with E-state index in [0.717, 1.165) is 16.7 Å². The van der Waals surface area contributed by atoms with Crippen LogP contribution in [0, 0.1) is 0 Å². The molecule has 0 aliphatic heterocycles. The highest BCUT2D eigenvalue weighted by Crippen LogP contribution is 2.30. The van der Waals surface area contributed by atoms with Crippen molar-refractivity contribution < 1.29 is 5.11 Å². The molecule has 0 saturated carbocycles. The molecule has 1 aromatic carbocycles. The second-order valence-corrected chi connectivity index (χ2v) is 5.70. The summed E-state index contributed by atoms with van der Waals surface area (Å²) in [6.45, 7) is 5.00. The second kappa shape index (κ2) is 5.85. The first kappa shape index (κ1) is 14.5. The van der Waals surface area contributed by atoms with Crippen LogP contribution in [0.15, 0.2) is 22.7 Å². The van der Waals surface area contributed by atoms with E-state index in [1.165, 1.54) is 5.56 Å². The van der Waals surface area contributed by atoms with Crippen LogP contribution in [0.4, 0.5) is 5.69 Å². The summed E-state index contributed by atoms with van der Waals surface area (Å²) < 4.78 is 1.05.